The minimum absolute atomic E-state index is 0.0338. The number of aromatic hydroxyl groups is 1. The van der Waals surface area contributed by atoms with Crippen LogP contribution in [-0.2, 0) is 11.2 Å². The maximum Gasteiger partial charge on any atom is 0.412 e. The first-order valence-electron chi connectivity index (χ1n) is 18.7. The quantitative estimate of drug-likeness (QED) is 0.0886. The molecule has 1 unspecified atom stereocenters. The number of hydrogen-bond acceptors (Lipinski definition) is 7. The van der Waals surface area contributed by atoms with E-state index in [4.69, 9.17) is 5.73 Å². The van der Waals surface area contributed by atoms with Crippen LogP contribution < -0.4 is 26.8 Å². The number of H-pyrrole nitrogens is 1. The number of pyridine rings is 1. The Morgan fingerprint density at radius 3 is 2.40 bits per heavy atom. The van der Waals surface area contributed by atoms with Gasteiger partial charge in [0, 0.05) is 48.1 Å². The molecule has 276 valence electrons. The summed E-state index contributed by atoms with van der Waals surface area (Å²) in [6.07, 6.45) is 6.79. The topological polar surface area (TPSA) is 181 Å². The lowest BCUT2D eigenvalue weighted by Crippen LogP contribution is -2.44. The molecular weight excluding hydrogens is 658 g/mol. The SMILES string of the molecule is NC1CCC(N(C(=O)O)c2cc(CCCC(=O)NC3CCC(CNCC(O)c4ccc(O)c5[nH]c(=O)ccc45)CC3)ccc2-c2ccccc2)CC1. The Balaban J connectivity index is 0.967. The highest BCUT2D eigenvalue weighted by atomic mass is 16.4. The van der Waals surface area contributed by atoms with E-state index in [1.165, 1.54) is 12.1 Å². The number of aromatic amines is 1. The van der Waals surface area contributed by atoms with Crippen LogP contribution in [0.4, 0.5) is 10.5 Å². The first-order chi connectivity index (χ1) is 25.2. The van der Waals surface area contributed by atoms with E-state index >= 15 is 0 Å². The Kier molecular flexibility index (Phi) is 12.3. The molecule has 2 amide bonds. The monoisotopic (exact) mass is 709 g/mol. The van der Waals surface area contributed by atoms with Crippen molar-refractivity contribution in [3.63, 3.8) is 0 Å². The van der Waals surface area contributed by atoms with Crippen molar-refractivity contribution in [3.05, 3.63) is 94.3 Å². The number of hydrogen-bond donors (Lipinski definition) is 7. The molecule has 0 bridgehead atoms. The van der Waals surface area contributed by atoms with Crippen LogP contribution in [0.15, 0.2) is 77.6 Å². The molecule has 0 saturated heterocycles. The fraction of sp³-hybridized carbons (Fsp3) is 0.439. The number of nitrogens with one attached hydrogen (secondary N) is 3. The Bertz CT molecular complexity index is 1880. The number of anilines is 1. The normalized spacial score (nSPS) is 21.0. The Hall–Kier alpha value is -4.71. The zero-order chi connectivity index (χ0) is 36.6. The van der Waals surface area contributed by atoms with Gasteiger partial charge in [-0.15, -0.1) is 0 Å². The average molecular weight is 710 g/mol. The van der Waals surface area contributed by atoms with Gasteiger partial charge < -0.3 is 36.7 Å². The molecule has 11 heteroatoms. The van der Waals surface area contributed by atoms with Crippen LogP contribution in [0.5, 0.6) is 5.75 Å². The van der Waals surface area contributed by atoms with E-state index in [9.17, 15) is 29.7 Å². The summed E-state index contributed by atoms with van der Waals surface area (Å²) in [6, 6.07) is 22.2. The third kappa shape index (κ3) is 9.20. The fourth-order valence-electron chi connectivity index (χ4n) is 7.96. The number of nitrogens with zero attached hydrogens (tertiary/aromatic N) is 1. The zero-order valence-corrected chi connectivity index (χ0v) is 29.6. The van der Waals surface area contributed by atoms with E-state index in [0.717, 1.165) is 74.6 Å². The predicted molar refractivity (Wildman–Crippen MR) is 204 cm³/mol. The highest BCUT2D eigenvalue weighted by Crippen LogP contribution is 2.37. The van der Waals surface area contributed by atoms with E-state index < -0.39 is 12.2 Å². The molecule has 2 saturated carbocycles. The lowest BCUT2D eigenvalue weighted by molar-refractivity contribution is -0.122. The highest BCUT2D eigenvalue weighted by Gasteiger charge is 2.31. The van der Waals surface area contributed by atoms with Crippen molar-refractivity contribution in [1.82, 2.24) is 15.6 Å². The molecule has 1 aromatic heterocycles. The number of aryl methyl sites for hydroxylation is 1. The molecule has 0 radical (unpaired) electrons. The standard InChI is InChI=1S/C41H51N5O6/c42-29-12-16-31(17-13-29)46(41(51)52)35-23-26(11-18-32(35)28-6-2-1-3-7-28)5-4-8-38(49)44-30-14-9-27(10-15-30)24-43-25-37(48)33-19-21-36(47)40-34(33)20-22-39(50)45-40/h1-3,6-7,11,18-23,27,29-31,37,43,47-48H,4-5,8-10,12-17,24-25,42H2,(H,44,49)(H,45,50)(H,51,52). The Morgan fingerprint density at radius 2 is 1.67 bits per heavy atom. The smallest absolute Gasteiger partial charge is 0.412 e. The van der Waals surface area contributed by atoms with Crippen LogP contribution in [-0.4, -0.2) is 63.5 Å². The van der Waals surface area contributed by atoms with Gasteiger partial charge in [0.2, 0.25) is 11.5 Å². The maximum absolute atomic E-state index is 13.0. The first-order valence-corrected chi connectivity index (χ1v) is 18.7. The molecule has 1 heterocycles. The molecule has 2 aliphatic rings. The summed E-state index contributed by atoms with van der Waals surface area (Å²) < 4.78 is 0. The van der Waals surface area contributed by atoms with Crippen LogP contribution >= 0.6 is 0 Å². The highest BCUT2D eigenvalue weighted by molar-refractivity contribution is 5.94. The molecule has 3 aromatic carbocycles. The van der Waals surface area contributed by atoms with Crippen LogP contribution in [0.2, 0.25) is 0 Å². The molecule has 4 aromatic rings. The van der Waals surface area contributed by atoms with Gasteiger partial charge in [0.15, 0.2) is 0 Å². The van der Waals surface area contributed by atoms with Crippen molar-refractivity contribution in [2.24, 2.45) is 11.7 Å². The van der Waals surface area contributed by atoms with Gasteiger partial charge in [-0.25, -0.2) is 4.79 Å². The molecule has 2 fully saturated rings. The number of phenols is 1. The van der Waals surface area contributed by atoms with Gasteiger partial charge in [0.1, 0.15) is 5.75 Å². The summed E-state index contributed by atoms with van der Waals surface area (Å²) in [6.45, 7) is 1.10. The van der Waals surface area contributed by atoms with Crippen molar-refractivity contribution in [3.8, 4) is 16.9 Å². The average Bonchev–Trinajstić information content (AvgIpc) is 3.14. The molecule has 6 rings (SSSR count). The number of aliphatic hydroxyl groups is 1. The summed E-state index contributed by atoms with van der Waals surface area (Å²) in [5.41, 5.74) is 10.3. The third-order valence-corrected chi connectivity index (χ3v) is 10.8. The van der Waals surface area contributed by atoms with Crippen molar-refractivity contribution >= 4 is 28.6 Å². The molecule has 2 aliphatic carbocycles. The molecule has 52 heavy (non-hydrogen) atoms. The maximum atomic E-state index is 13.0. The van der Waals surface area contributed by atoms with Gasteiger partial charge in [0.05, 0.1) is 17.3 Å². The van der Waals surface area contributed by atoms with Crippen molar-refractivity contribution in [1.29, 1.82) is 0 Å². The summed E-state index contributed by atoms with van der Waals surface area (Å²) in [5, 5.41) is 38.6. The second-order valence-corrected chi connectivity index (χ2v) is 14.5. The van der Waals surface area contributed by atoms with E-state index in [1.54, 1.807) is 17.0 Å². The molecule has 1 atom stereocenters. The summed E-state index contributed by atoms with van der Waals surface area (Å²) in [5.74, 6) is 0.449. The fourth-order valence-corrected chi connectivity index (χ4v) is 7.96. The largest absolute Gasteiger partial charge is 0.506 e. The molecule has 0 aliphatic heterocycles. The number of benzene rings is 3. The van der Waals surface area contributed by atoms with Gasteiger partial charge in [-0.2, -0.15) is 0 Å². The first kappa shape index (κ1) is 37.1. The molecular formula is C41H51N5O6. The van der Waals surface area contributed by atoms with E-state index in [2.05, 4.69) is 15.6 Å². The predicted octanol–water partition coefficient (Wildman–Crippen LogP) is 5.98. The zero-order valence-electron chi connectivity index (χ0n) is 29.6. The van der Waals surface area contributed by atoms with Crippen molar-refractivity contribution in [2.75, 3.05) is 18.0 Å². The number of nitrogens with two attached hydrogens (primary N) is 1. The third-order valence-electron chi connectivity index (χ3n) is 10.8. The summed E-state index contributed by atoms with van der Waals surface area (Å²) >= 11 is 0. The van der Waals surface area contributed by atoms with Crippen LogP contribution in [0, 0.1) is 5.92 Å². The number of fused-ring (bicyclic) bond motifs is 1. The number of phenolic OH excluding ortho intramolecular Hbond substituents is 1. The molecule has 0 spiro atoms. The van der Waals surface area contributed by atoms with Gasteiger partial charge in [0.25, 0.3) is 0 Å². The number of rotatable bonds is 13. The second kappa shape index (κ2) is 17.2. The van der Waals surface area contributed by atoms with Gasteiger partial charge in [-0.1, -0.05) is 48.5 Å². The van der Waals surface area contributed by atoms with Gasteiger partial charge in [-0.05, 0) is 112 Å². The summed E-state index contributed by atoms with van der Waals surface area (Å²) in [4.78, 5) is 41.5. The number of aromatic nitrogens is 1. The molecule has 8 N–H and O–H groups in total. The van der Waals surface area contributed by atoms with Crippen LogP contribution in [0.25, 0.3) is 22.0 Å². The lowest BCUT2D eigenvalue weighted by atomic mass is 9.86. The van der Waals surface area contributed by atoms with Crippen LogP contribution in [0.3, 0.4) is 0 Å². The lowest BCUT2D eigenvalue weighted by Gasteiger charge is -2.35. The summed E-state index contributed by atoms with van der Waals surface area (Å²) in [7, 11) is 0. The number of carboxylic acid groups (broad SMARTS) is 1. The Labute approximate surface area is 304 Å². The second-order valence-electron chi connectivity index (χ2n) is 14.5. The minimum atomic E-state index is -0.959. The van der Waals surface area contributed by atoms with E-state index in [1.807, 2.05) is 48.5 Å². The molecule has 11 nitrogen and oxygen atoms in total. The minimum Gasteiger partial charge on any atom is -0.506 e. The number of carbonyl (C=O) groups excluding carboxylic acids is 1. The van der Waals surface area contributed by atoms with E-state index in [0.29, 0.717) is 53.9 Å². The number of amides is 2. The van der Waals surface area contributed by atoms with Crippen LogP contribution in [0.1, 0.15) is 81.4 Å². The van der Waals surface area contributed by atoms with Crippen molar-refractivity contribution in [2.45, 2.75) is 94.9 Å². The van der Waals surface area contributed by atoms with Crippen molar-refractivity contribution < 1.29 is 24.9 Å². The Morgan fingerprint density at radius 1 is 0.923 bits per heavy atom. The van der Waals surface area contributed by atoms with E-state index in [-0.39, 0.29) is 35.3 Å². The van der Waals surface area contributed by atoms with Gasteiger partial charge >= 0.3 is 6.09 Å². The number of carbonyl (C=O) groups is 2. The van der Waals surface area contributed by atoms with Gasteiger partial charge in [-0.3, -0.25) is 14.5 Å². The number of aliphatic hydroxyl groups excluding tert-OH is 1.